The first-order valence-electron chi connectivity index (χ1n) is 7.57. The summed E-state index contributed by atoms with van der Waals surface area (Å²) in [6.07, 6.45) is 2.03. The summed E-state index contributed by atoms with van der Waals surface area (Å²) in [5.74, 6) is -0.771. The third-order valence-corrected chi connectivity index (χ3v) is 6.40. The summed E-state index contributed by atoms with van der Waals surface area (Å²) in [6, 6.07) is 4.72. The molecule has 6 nitrogen and oxygen atoms in total. The van der Waals surface area contributed by atoms with E-state index in [4.69, 9.17) is 0 Å². The van der Waals surface area contributed by atoms with Crippen LogP contribution < -0.4 is 4.72 Å². The molecule has 1 amide bonds. The number of fused-ring (bicyclic) bond motifs is 1. The third kappa shape index (κ3) is 2.84. The molecule has 1 heterocycles. The van der Waals surface area contributed by atoms with Crippen LogP contribution in [0.15, 0.2) is 34.7 Å². The highest BCUT2D eigenvalue weighted by Gasteiger charge is 2.60. The molecule has 1 N–H and O–H groups in total. The quantitative estimate of drug-likeness (QED) is 0.842. The molecule has 1 saturated carbocycles. The fraction of sp³-hybridized carbons (Fsp3) is 0.438. The van der Waals surface area contributed by atoms with Crippen LogP contribution in [0, 0.1) is 17.3 Å². The molecule has 0 radical (unpaired) electrons. The molecule has 3 rings (SSSR count). The van der Waals surface area contributed by atoms with Gasteiger partial charge in [-0.15, -0.1) is 0 Å². The van der Waals surface area contributed by atoms with Crippen LogP contribution in [0.3, 0.4) is 0 Å². The lowest BCUT2D eigenvalue weighted by Crippen LogP contribution is -2.33. The van der Waals surface area contributed by atoms with Crippen molar-refractivity contribution in [3.05, 3.63) is 29.8 Å². The Morgan fingerprint density at radius 1 is 1.29 bits per heavy atom. The Morgan fingerprint density at radius 2 is 2.00 bits per heavy atom. The molecule has 0 spiro atoms. The number of nitrogens with zero attached hydrogens (tertiary/aromatic N) is 2. The van der Waals surface area contributed by atoms with Crippen molar-refractivity contribution >= 4 is 38.7 Å². The highest BCUT2D eigenvalue weighted by molar-refractivity contribution is 7.90. The Hall–Kier alpha value is -1.80. The van der Waals surface area contributed by atoms with Gasteiger partial charge in [0, 0.05) is 0 Å². The number of carbonyl (C=O) groups is 1. The summed E-state index contributed by atoms with van der Waals surface area (Å²) >= 11 is 0.943. The number of amides is 1. The molecule has 1 fully saturated rings. The predicted molar refractivity (Wildman–Crippen MR) is 92.9 cm³/mol. The maximum absolute atomic E-state index is 12.6. The molecule has 2 aromatic rings. The average molecular weight is 365 g/mol. The number of rotatable bonds is 4. The molecule has 1 aliphatic rings. The lowest BCUT2D eigenvalue weighted by molar-refractivity contribution is -0.121. The van der Waals surface area contributed by atoms with E-state index >= 15 is 0 Å². The van der Waals surface area contributed by atoms with Crippen molar-refractivity contribution in [1.29, 1.82) is 0 Å². The second-order valence-electron chi connectivity index (χ2n) is 6.93. The van der Waals surface area contributed by atoms with Gasteiger partial charge in [-0.2, -0.15) is 8.75 Å². The zero-order valence-electron chi connectivity index (χ0n) is 13.9. The summed E-state index contributed by atoms with van der Waals surface area (Å²) in [4.78, 5) is 12.5. The van der Waals surface area contributed by atoms with Crippen molar-refractivity contribution < 1.29 is 13.2 Å². The first kappa shape index (κ1) is 17.0. The van der Waals surface area contributed by atoms with Gasteiger partial charge in [0.1, 0.15) is 15.9 Å². The lowest BCUT2D eigenvalue weighted by Gasteiger charge is -2.08. The molecule has 128 valence electrons. The summed E-state index contributed by atoms with van der Waals surface area (Å²) < 4.78 is 35.5. The second-order valence-corrected chi connectivity index (χ2v) is 9.11. The van der Waals surface area contributed by atoms with Crippen molar-refractivity contribution in [3.63, 3.8) is 0 Å². The Labute approximate surface area is 145 Å². The van der Waals surface area contributed by atoms with Gasteiger partial charge < -0.3 is 0 Å². The van der Waals surface area contributed by atoms with Crippen LogP contribution in [0.2, 0.25) is 0 Å². The maximum Gasteiger partial charge on any atom is 0.266 e. The van der Waals surface area contributed by atoms with Gasteiger partial charge in [0.05, 0.1) is 17.6 Å². The van der Waals surface area contributed by atoms with Gasteiger partial charge >= 0.3 is 0 Å². The third-order valence-electron chi connectivity index (χ3n) is 4.48. The van der Waals surface area contributed by atoms with Crippen molar-refractivity contribution in [2.24, 2.45) is 17.3 Å². The molecule has 2 atom stereocenters. The highest BCUT2D eigenvalue weighted by Crippen LogP contribution is 2.59. The number of nitrogens with one attached hydrogen (secondary N) is 1. The van der Waals surface area contributed by atoms with E-state index in [9.17, 15) is 13.2 Å². The molecule has 0 bridgehead atoms. The normalized spacial score (nSPS) is 22.2. The number of hydrogen-bond acceptors (Lipinski definition) is 6. The molecule has 2 unspecified atom stereocenters. The van der Waals surface area contributed by atoms with Gasteiger partial charge in [0.15, 0.2) is 0 Å². The number of allylic oxidation sites excluding steroid dienone is 2. The van der Waals surface area contributed by atoms with Crippen LogP contribution >= 0.6 is 11.7 Å². The summed E-state index contributed by atoms with van der Waals surface area (Å²) in [5.41, 5.74) is 1.66. The van der Waals surface area contributed by atoms with Crippen LogP contribution in [-0.4, -0.2) is 23.1 Å². The highest BCUT2D eigenvalue weighted by atomic mass is 32.2. The van der Waals surface area contributed by atoms with E-state index in [2.05, 4.69) is 13.5 Å². The van der Waals surface area contributed by atoms with Crippen molar-refractivity contribution in [1.82, 2.24) is 13.5 Å². The Kier molecular flexibility index (Phi) is 4.00. The average Bonchev–Trinajstić information content (AvgIpc) is 2.84. The summed E-state index contributed by atoms with van der Waals surface area (Å²) in [7, 11) is -3.98. The first-order chi connectivity index (χ1) is 11.1. The smallest absolute Gasteiger partial charge is 0.266 e. The van der Waals surface area contributed by atoms with Crippen LogP contribution in [0.1, 0.15) is 27.7 Å². The van der Waals surface area contributed by atoms with Crippen LogP contribution in [-0.2, 0) is 14.8 Å². The topological polar surface area (TPSA) is 89.0 Å². The number of carbonyl (C=O) groups excluding carboxylic acids is 1. The first-order valence-corrected chi connectivity index (χ1v) is 9.79. The van der Waals surface area contributed by atoms with Crippen molar-refractivity contribution in [2.75, 3.05) is 0 Å². The summed E-state index contributed by atoms with van der Waals surface area (Å²) in [6.45, 7) is 7.88. The second kappa shape index (κ2) is 5.63. The molecule has 0 saturated heterocycles. The van der Waals surface area contributed by atoms with Crippen LogP contribution in [0.4, 0.5) is 0 Å². The SMILES string of the molecule is CC(C)=CC1C(C(=O)NS(=O)(=O)c2cccc3nsnc23)C1(C)C. The van der Waals surface area contributed by atoms with Crippen LogP contribution in [0.5, 0.6) is 0 Å². The zero-order valence-corrected chi connectivity index (χ0v) is 15.5. The largest absolute Gasteiger partial charge is 0.274 e. The van der Waals surface area contributed by atoms with E-state index in [0.29, 0.717) is 11.0 Å². The van der Waals surface area contributed by atoms with Gasteiger partial charge in [-0.3, -0.25) is 4.79 Å². The molecular formula is C16H19N3O3S2. The molecule has 24 heavy (non-hydrogen) atoms. The molecule has 1 aromatic carbocycles. The number of benzene rings is 1. The van der Waals surface area contributed by atoms with Gasteiger partial charge in [-0.05, 0) is 37.3 Å². The van der Waals surface area contributed by atoms with Crippen LogP contribution in [0.25, 0.3) is 11.0 Å². The Balaban J connectivity index is 1.87. The Morgan fingerprint density at radius 3 is 2.67 bits per heavy atom. The minimum Gasteiger partial charge on any atom is -0.274 e. The van der Waals surface area contributed by atoms with E-state index < -0.39 is 15.9 Å². The lowest BCUT2D eigenvalue weighted by atomic mass is 10.1. The Bertz CT molecular complexity index is 940. The fourth-order valence-electron chi connectivity index (χ4n) is 3.10. The molecule has 0 aliphatic heterocycles. The van der Waals surface area contributed by atoms with Crippen molar-refractivity contribution in [3.8, 4) is 0 Å². The van der Waals surface area contributed by atoms with E-state index in [1.54, 1.807) is 12.1 Å². The van der Waals surface area contributed by atoms with E-state index in [1.165, 1.54) is 6.07 Å². The standard InChI is InChI=1S/C16H19N3O3S2/c1-9(2)8-10-13(16(10,3)4)15(20)19-24(21,22)12-7-5-6-11-14(12)18-23-17-11/h5-8,10,13H,1-4H3,(H,19,20). The van der Waals surface area contributed by atoms with Gasteiger partial charge in [0.2, 0.25) is 5.91 Å². The molecule has 1 aromatic heterocycles. The summed E-state index contributed by atoms with van der Waals surface area (Å²) in [5, 5.41) is 0. The van der Waals surface area contributed by atoms with Gasteiger partial charge in [-0.1, -0.05) is 31.6 Å². The predicted octanol–water partition coefficient (Wildman–Crippen LogP) is 2.73. The van der Waals surface area contributed by atoms with Gasteiger partial charge in [0.25, 0.3) is 10.0 Å². The van der Waals surface area contributed by atoms with E-state index in [1.807, 2.05) is 33.8 Å². The van der Waals surface area contributed by atoms with E-state index in [0.717, 1.165) is 17.3 Å². The molecule has 1 aliphatic carbocycles. The van der Waals surface area contributed by atoms with Gasteiger partial charge in [-0.25, -0.2) is 13.1 Å². The number of aromatic nitrogens is 2. The van der Waals surface area contributed by atoms with Crippen molar-refractivity contribution in [2.45, 2.75) is 32.6 Å². The minimum atomic E-state index is -3.98. The molecule has 8 heteroatoms. The monoisotopic (exact) mass is 365 g/mol. The van der Waals surface area contributed by atoms with E-state index in [-0.39, 0.29) is 22.1 Å². The zero-order chi connectivity index (χ0) is 17.7. The number of hydrogen-bond donors (Lipinski definition) is 1. The maximum atomic E-state index is 12.6. The minimum absolute atomic E-state index is 0.0145. The number of sulfonamides is 1. The fourth-order valence-corrected chi connectivity index (χ4v) is 4.87. The molecular weight excluding hydrogens is 346 g/mol.